The lowest BCUT2D eigenvalue weighted by molar-refractivity contribution is -0.123. The van der Waals surface area contributed by atoms with Crippen molar-refractivity contribution < 1.29 is 9.59 Å². The molecule has 0 aliphatic carbocycles. The number of nitrogens with one attached hydrogen (secondary N) is 2. The van der Waals surface area contributed by atoms with Crippen molar-refractivity contribution in [3.63, 3.8) is 0 Å². The zero-order valence-electron chi connectivity index (χ0n) is 14.3. The van der Waals surface area contributed by atoms with Gasteiger partial charge in [-0.2, -0.15) is 0 Å². The number of carbonyl (C=O) groups excluding carboxylic acids is 2. The Morgan fingerprint density at radius 2 is 1.77 bits per heavy atom. The molecular weight excluding hydrogens is 350 g/mol. The van der Waals surface area contributed by atoms with Crippen LogP contribution in [0.15, 0.2) is 42.5 Å². The molecule has 2 aliphatic heterocycles. The quantitative estimate of drug-likeness (QED) is 0.811. The van der Waals surface area contributed by atoms with Gasteiger partial charge >= 0.3 is 0 Å². The van der Waals surface area contributed by atoms with E-state index in [1.807, 2.05) is 42.5 Å². The molecule has 6 heteroatoms. The summed E-state index contributed by atoms with van der Waals surface area (Å²) >= 11 is 5.98. The summed E-state index contributed by atoms with van der Waals surface area (Å²) in [5, 5.41) is 7.15. The number of rotatable bonds is 1. The summed E-state index contributed by atoms with van der Waals surface area (Å²) in [6.45, 7) is 2.30. The summed E-state index contributed by atoms with van der Waals surface area (Å²) in [5.41, 5.74) is 3.34. The van der Waals surface area contributed by atoms with Crippen molar-refractivity contribution >= 4 is 29.0 Å². The maximum Gasteiger partial charge on any atom is 0.256 e. The van der Waals surface area contributed by atoms with Crippen LogP contribution in [0.25, 0.3) is 11.1 Å². The number of benzene rings is 2. The SMILES string of the molecule is O=C1CCNc2ccc(-c3ccc(Cl)cc3)cc2C(=O)N2CCNCC12. The fourth-order valence-corrected chi connectivity index (χ4v) is 3.70. The van der Waals surface area contributed by atoms with Crippen molar-refractivity contribution in [2.75, 3.05) is 31.5 Å². The minimum absolute atomic E-state index is 0.0925. The Morgan fingerprint density at radius 1 is 1.00 bits per heavy atom. The van der Waals surface area contributed by atoms with Gasteiger partial charge in [0.1, 0.15) is 6.04 Å². The third-order valence-corrected chi connectivity index (χ3v) is 5.24. The van der Waals surface area contributed by atoms with Crippen LogP contribution in [0.1, 0.15) is 16.8 Å². The number of Topliss-reactive ketones (excluding diaryl/α,β-unsaturated/α-hetero) is 1. The van der Waals surface area contributed by atoms with Crippen LogP contribution in [0.2, 0.25) is 5.02 Å². The number of amides is 1. The van der Waals surface area contributed by atoms with Gasteiger partial charge in [-0.05, 0) is 35.4 Å². The lowest BCUT2D eigenvalue weighted by atomic mass is 10.00. The van der Waals surface area contributed by atoms with Gasteiger partial charge in [-0.15, -0.1) is 0 Å². The highest BCUT2D eigenvalue weighted by Gasteiger charge is 2.34. The van der Waals surface area contributed by atoms with Crippen molar-refractivity contribution in [2.24, 2.45) is 0 Å². The summed E-state index contributed by atoms with van der Waals surface area (Å²) in [7, 11) is 0. The van der Waals surface area contributed by atoms with Gasteiger partial charge in [-0.25, -0.2) is 0 Å². The number of hydrogen-bond acceptors (Lipinski definition) is 4. The molecule has 134 valence electrons. The van der Waals surface area contributed by atoms with Crippen LogP contribution in [0.5, 0.6) is 0 Å². The molecule has 5 nitrogen and oxygen atoms in total. The van der Waals surface area contributed by atoms with E-state index in [0.29, 0.717) is 43.2 Å². The van der Waals surface area contributed by atoms with E-state index in [1.165, 1.54) is 0 Å². The van der Waals surface area contributed by atoms with Crippen LogP contribution < -0.4 is 10.6 Å². The number of halogens is 1. The first-order valence-electron chi connectivity index (χ1n) is 8.82. The molecule has 2 aromatic rings. The molecule has 2 heterocycles. The monoisotopic (exact) mass is 369 g/mol. The van der Waals surface area contributed by atoms with Crippen LogP contribution in [-0.4, -0.2) is 48.8 Å². The molecule has 1 saturated heterocycles. The number of anilines is 1. The van der Waals surface area contributed by atoms with Crippen LogP contribution in [0.4, 0.5) is 5.69 Å². The average molecular weight is 370 g/mol. The molecule has 0 saturated carbocycles. The van der Waals surface area contributed by atoms with Crippen molar-refractivity contribution in [1.29, 1.82) is 0 Å². The maximum atomic E-state index is 13.2. The third kappa shape index (κ3) is 3.20. The summed E-state index contributed by atoms with van der Waals surface area (Å²) < 4.78 is 0. The fourth-order valence-electron chi connectivity index (χ4n) is 3.57. The number of ketones is 1. The Hall–Kier alpha value is -2.37. The highest BCUT2D eigenvalue weighted by molar-refractivity contribution is 6.30. The van der Waals surface area contributed by atoms with Crippen molar-refractivity contribution in [3.05, 3.63) is 53.1 Å². The van der Waals surface area contributed by atoms with Crippen molar-refractivity contribution in [1.82, 2.24) is 10.2 Å². The Kier molecular flexibility index (Phi) is 4.66. The van der Waals surface area contributed by atoms with E-state index in [4.69, 9.17) is 11.6 Å². The van der Waals surface area contributed by atoms with Gasteiger partial charge < -0.3 is 15.5 Å². The second-order valence-corrected chi connectivity index (χ2v) is 7.07. The van der Waals surface area contributed by atoms with Crippen LogP contribution in [-0.2, 0) is 4.79 Å². The smallest absolute Gasteiger partial charge is 0.256 e. The second kappa shape index (κ2) is 7.09. The van der Waals surface area contributed by atoms with E-state index in [2.05, 4.69) is 10.6 Å². The highest BCUT2D eigenvalue weighted by atomic mass is 35.5. The third-order valence-electron chi connectivity index (χ3n) is 4.99. The summed E-state index contributed by atoms with van der Waals surface area (Å²) in [4.78, 5) is 27.4. The molecular formula is C20H20ClN3O2. The first-order valence-corrected chi connectivity index (χ1v) is 9.19. The highest BCUT2D eigenvalue weighted by Crippen LogP contribution is 2.29. The molecule has 0 spiro atoms. The summed E-state index contributed by atoms with van der Waals surface area (Å²) in [5.74, 6) is 0.00819. The molecule has 1 atom stereocenters. The summed E-state index contributed by atoms with van der Waals surface area (Å²) in [6, 6.07) is 13.0. The lowest BCUT2D eigenvalue weighted by Gasteiger charge is -2.35. The van der Waals surface area contributed by atoms with Gasteiger partial charge in [0.2, 0.25) is 0 Å². The van der Waals surface area contributed by atoms with Gasteiger partial charge in [0.25, 0.3) is 5.91 Å². The largest absolute Gasteiger partial charge is 0.384 e. The van der Waals surface area contributed by atoms with E-state index in [-0.39, 0.29) is 17.7 Å². The fraction of sp³-hybridized carbons (Fsp3) is 0.300. The van der Waals surface area contributed by atoms with Gasteiger partial charge in [-0.3, -0.25) is 9.59 Å². The molecule has 2 N–H and O–H groups in total. The van der Waals surface area contributed by atoms with Crippen molar-refractivity contribution in [2.45, 2.75) is 12.5 Å². The molecule has 26 heavy (non-hydrogen) atoms. The summed E-state index contributed by atoms with van der Waals surface area (Å²) in [6.07, 6.45) is 0.411. The molecule has 0 radical (unpaired) electrons. The zero-order valence-corrected chi connectivity index (χ0v) is 15.1. The number of nitrogens with zero attached hydrogens (tertiary/aromatic N) is 1. The average Bonchev–Trinajstić information content (AvgIpc) is 2.72. The van der Waals surface area contributed by atoms with E-state index >= 15 is 0 Å². The van der Waals surface area contributed by atoms with Crippen molar-refractivity contribution in [3.8, 4) is 11.1 Å². The first kappa shape index (κ1) is 17.1. The van der Waals surface area contributed by atoms with Crippen LogP contribution >= 0.6 is 11.6 Å². The topological polar surface area (TPSA) is 61.4 Å². The molecule has 0 bridgehead atoms. The van der Waals surface area contributed by atoms with Crippen LogP contribution in [0, 0.1) is 0 Å². The van der Waals surface area contributed by atoms with E-state index in [9.17, 15) is 9.59 Å². The number of carbonyl (C=O) groups is 2. The van der Waals surface area contributed by atoms with E-state index < -0.39 is 0 Å². The zero-order chi connectivity index (χ0) is 18.1. The standard InChI is InChI=1S/C20H20ClN3O2/c21-15-4-1-13(2-5-15)14-3-6-17-16(11-14)20(26)24-10-9-22-12-18(24)19(25)7-8-23-17/h1-6,11,18,22-23H,7-10,12H2. The Morgan fingerprint density at radius 3 is 2.58 bits per heavy atom. The molecule has 0 aromatic heterocycles. The van der Waals surface area contributed by atoms with E-state index in [0.717, 1.165) is 16.8 Å². The molecule has 1 amide bonds. The van der Waals surface area contributed by atoms with Gasteiger partial charge in [0.05, 0.1) is 5.56 Å². The van der Waals surface area contributed by atoms with Gasteiger partial charge in [-0.1, -0.05) is 29.8 Å². The molecule has 1 unspecified atom stereocenters. The maximum absolute atomic E-state index is 13.2. The molecule has 2 aromatic carbocycles. The number of fused-ring (bicyclic) bond motifs is 2. The number of piperazine rings is 1. The second-order valence-electron chi connectivity index (χ2n) is 6.63. The first-order chi connectivity index (χ1) is 12.6. The van der Waals surface area contributed by atoms with Gasteiger partial charge in [0.15, 0.2) is 5.78 Å². The minimum atomic E-state index is -0.386. The number of hydrogen-bond donors (Lipinski definition) is 2. The van der Waals surface area contributed by atoms with Crippen LogP contribution in [0.3, 0.4) is 0 Å². The predicted octanol–water partition coefficient (Wildman–Crippen LogP) is 2.81. The van der Waals surface area contributed by atoms with Gasteiger partial charge in [0, 0.05) is 43.3 Å². The molecule has 2 aliphatic rings. The Labute approximate surface area is 157 Å². The molecule has 1 fully saturated rings. The predicted molar refractivity (Wildman–Crippen MR) is 103 cm³/mol. The minimum Gasteiger partial charge on any atom is -0.384 e. The molecule has 4 rings (SSSR count). The lowest BCUT2D eigenvalue weighted by Crippen LogP contribution is -2.56. The Bertz CT molecular complexity index is 851. The Balaban J connectivity index is 1.76. The normalized spacial score (nSPS) is 20.3. The van der Waals surface area contributed by atoms with E-state index in [1.54, 1.807) is 4.90 Å².